The minimum Gasteiger partial charge on any atom is -0.370 e. The molecule has 0 bridgehead atoms. The molecule has 1 fully saturated rings. The van der Waals surface area contributed by atoms with Crippen LogP contribution in [0.3, 0.4) is 0 Å². The van der Waals surface area contributed by atoms with Crippen LogP contribution in [-0.2, 0) is 7.05 Å². The van der Waals surface area contributed by atoms with Crippen molar-refractivity contribution < 1.29 is 4.79 Å². The Hall–Kier alpha value is -3.22. The Morgan fingerprint density at radius 1 is 1.30 bits per heavy atom. The highest BCUT2D eigenvalue weighted by atomic mass is 16.1. The number of benzene rings is 1. The quantitative estimate of drug-likeness (QED) is 0.761. The van der Waals surface area contributed by atoms with Gasteiger partial charge >= 0.3 is 0 Å². The first kappa shape index (κ1) is 17.2. The van der Waals surface area contributed by atoms with E-state index < -0.39 is 0 Å². The lowest BCUT2D eigenvalue weighted by Crippen LogP contribution is -2.31. The van der Waals surface area contributed by atoms with Crippen LogP contribution >= 0.6 is 0 Å². The molecule has 1 N–H and O–H groups in total. The molecule has 1 aliphatic rings. The van der Waals surface area contributed by atoms with Crippen molar-refractivity contribution in [1.29, 1.82) is 0 Å². The molecule has 1 unspecified atom stereocenters. The first-order valence-electron chi connectivity index (χ1n) is 9.02. The average molecular weight is 363 g/mol. The van der Waals surface area contributed by atoms with E-state index in [2.05, 4.69) is 20.3 Å². The van der Waals surface area contributed by atoms with Crippen molar-refractivity contribution in [3.8, 4) is 0 Å². The molecule has 0 spiro atoms. The van der Waals surface area contributed by atoms with E-state index in [1.165, 1.54) is 4.68 Å². The van der Waals surface area contributed by atoms with Gasteiger partial charge in [-0.25, -0.2) is 4.68 Å². The molecule has 3 heterocycles. The molecule has 0 aliphatic carbocycles. The fourth-order valence-electron chi connectivity index (χ4n) is 3.50. The summed E-state index contributed by atoms with van der Waals surface area (Å²) in [6, 6.07) is 10.9. The van der Waals surface area contributed by atoms with Crippen LogP contribution in [0.1, 0.15) is 16.8 Å². The Morgan fingerprint density at radius 2 is 2.19 bits per heavy atom. The number of aryl methyl sites for hydroxylation is 1. The summed E-state index contributed by atoms with van der Waals surface area (Å²) in [5.41, 5.74) is 2.18. The van der Waals surface area contributed by atoms with Crippen molar-refractivity contribution in [3.05, 3.63) is 64.7 Å². The Kier molecular flexibility index (Phi) is 4.58. The zero-order chi connectivity index (χ0) is 18.8. The third-order valence-electron chi connectivity index (χ3n) is 5.05. The maximum absolute atomic E-state index is 12.6. The van der Waals surface area contributed by atoms with Gasteiger partial charge in [0, 0.05) is 49.9 Å². The van der Waals surface area contributed by atoms with E-state index in [0.717, 1.165) is 36.1 Å². The zero-order valence-electron chi connectivity index (χ0n) is 15.1. The number of aromatic nitrogens is 3. The highest BCUT2D eigenvalue weighted by molar-refractivity contribution is 6.06. The van der Waals surface area contributed by atoms with Crippen LogP contribution in [0.15, 0.2) is 53.6 Å². The fraction of sp³-hybridized carbons (Fsp3) is 0.300. The van der Waals surface area contributed by atoms with E-state index in [0.29, 0.717) is 18.0 Å². The fourth-order valence-corrected chi connectivity index (χ4v) is 3.50. The minimum atomic E-state index is -0.117. The second kappa shape index (κ2) is 7.19. The molecule has 1 atom stereocenters. The molecule has 0 radical (unpaired) electrons. The highest BCUT2D eigenvalue weighted by Gasteiger charge is 2.24. The molecule has 1 amide bonds. The lowest BCUT2D eigenvalue weighted by molar-refractivity contribution is 0.0950. The molecule has 2 aromatic heterocycles. The van der Waals surface area contributed by atoms with Gasteiger partial charge in [-0.3, -0.25) is 14.6 Å². The maximum Gasteiger partial charge on any atom is 0.268 e. The number of anilines is 1. The number of amides is 1. The van der Waals surface area contributed by atoms with Crippen LogP contribution in [-0.4, -0.2) is 40.3 Å². The van der Waals surface area contributed by atoms with E-state index in [1.54, 1.807) is 25.5 Å². The van der Waals surface area contributed by atoms with Crippen LogP contribution in [0.4, 0.5) is 5.69 Å². The summed E-state index contributed by atoms with van der Waals surface area (Å²) in [5.74, 6) is 0.258. The van der Waals surface area contributed by atoms with Crippen molar-refractivity contribution in [2.75, 3.05) is 24.5 Å². The highest BCUT2D eigenvalue weighted by Crippen LogP contribution is 2.22. The van der Waals surface area contributed by atoms with E-state index in [9.17, 15) is 9.59 Å². The number of carbonyl (C=O) groups excluding carboxylic acids is 1. The summed E-state index contributed by atoms with van der Waals surface area (Å²) in [6.07, 6.45) is 4.40. The van der Waals surface area contributed by atoms with Crippen LogP contribution in [0.25, 0.3) is 10.9 Å². The first-order chi connectivity index (χ1) is 13.1. The number of nitrogens with one attached hydrogen (secondary N) is 1. The van der Waals surface area contributed by atoms with Crippen molar-refractivity contribution in [2.24, 2.45) is 13.0 Å². The van der Waals surface area contributed by atoms with Gasteiger partial charge in [-0.1, -0.05) is 12.1 Å². The van der Waals surface area contributed by atoms with Gasteiger partial charge in [0.15, 0.2) is 0 Å². The van der Waals surface area contributed by atoms with Gasteiger partial charge in [-0.2, -0.15) is 5.10 Å². The average Bonchev–Trinajstić information content (AvgIpc) is 3.17. The van der Waals surface area contributed by atoms with Crippen LogP contribution in [0.2, 0.25) is 0 Å². The van der Waals surface area contributed by atoms with Crippen LogP contribution in [0.5, 0.6) is 0 Å². The summed E-state index contributed by atoms with van der Waals surface area (Å²) >= 11 is 0. The molecule has 1 saturated heterocycles. The molecule has 138 valence electrons. The molecule has 7 nitrogen and oxygen atoms in total. The van der Waals surface area contributed by atoms with Crippen molar-refractivity contribution in [1.82, 2.24) is 20.1 Å². The standard InChI is InChI=1S/C20H21N5O2/c1-24-19(26)10-15(12-23-24)25-9-7-14(13-25)11-22-20(27)17-4-2-6-18-16(17)5-3-8-21-18/h2-6,8,10,12,14H,7,9,11,13H2,1H3,(H,22,27). The van der Waals surface area contributed by atoms with Crippen LogP contribution < -0.4 is 15.8 Å². The number of carbonyl (C=O) groups is 1. The Bertz CT molecular complexity index is 1040. The number of nitrogens with zero attached hydrogens (tertiary/aromatic N) is 4. The van der Waals surface area contributed by atoms with E-state index >= 15 is 0 Å². The lowest BCUT2D eigenvalue weighted by Gasteiger charge is -2.18. The Labute approximate surface area is 156 Å². The zero-order valence-corrected chi connectivity index (χ0v) is 15.1. The lowest BCUT2D eigenvalue weighted by atomic mass is 10.1. The Morgan fingerprint density at radius 3 is 3.04 bits per heavy atom. The number of fused-ring (bicyclic) bond motifs is 1. The normalized spacial score (nSPS) is 16.6. The van der Waals surface area contributed by atoms with Crippen molar-refractivity contribution in [2.45, 2.75) is 6.42 Å². The summed E-state index contributed by atoms with van der Waals surface area (Å²) in [5, 5.41) is 7.99. The van der Waals surface area contributed by atoms with E-state index in [1.807, 2.05) is 30.3 Å². The summed E-state index contributed by atoms with van der Waals surface area (Å²) in [7, 11) is 1.64. The molecule has 1 aliphatic heterocycles. The summed E-state index contributed by atoms with van der Waals surface area (Å²) < 4.78 is 1.32. The molecule has 0 saturated carbocycles. The smallest absolute Gasteiger partial charge is 0.268 e. The van der Waals surface area contributed by atoms with Gasteiger partial charge in [0.2, 0.25) is 0 Å². The first-order valence-corrected chi connectivity index (χ1v) is 9.02. The van der Waals surface area contributed by atoms with Crippen LogP contribution in [0, 0.1) is 5.92 Å². The second-order valence-corrected chi connectivity index (χ2v) is 6.86. The predicted molar refractivity (Wildman–Crippen MR) is 104 cm³/mol. The topological polar surface area (TPSA) is 80.1 Å². The second-order valence-electron chi connectivity index (χ2n) is 6.86. The largest absolute Gasteiger partial charge is 0.370 e. The maximum atomic E-state index is 12.6. The molecule has 7 heteroatoms. The number of hydrogen-bond donors (Lipinski definition) is 1. The van der Waals surface area contributed by atoms with E-state index in [4.69, 9.17) is 0 Å². The van der Waals surface area contributed by atoms with Gasteiger partial charge in [0.1, 0.15) is 0 Å². The number of pyridine rings is 1. The monoisotopic (exact) mass is 363 g/mol. The van der Waals surface area contributed by atoms with Gasteiger partial charge in [-0.05, 0) is 30.5 Å². The minimum absolute atomic E-state index is 0.0812. The molecule has 27 heavy (non-hydrogen) atoms. The number of rotatable bonds is 4. The third-order valence-corrected chi connectivity index (χ3v) is 5.05. The van der Waals surface area contributed by atoms with Crippen molar-refractivity contribution >= 4 is 22.5 Å². The molecular weight excluding hydrogens is 342 g/mol. The van der Waals surface area contributed by atoms with Gasteiger partial charge in [0.05, 0.1) is 17.4 Å². The van der Waals surface area contributed by atoms with Gasteiger partial charge < -0.3 is 10.2 Å². The van der Waals surface area contributed by atoms with Crippen molar-refractivity contribution in [3.63, 3.8) is 0 Å². The summed E-state index contributed by atoms with van der Waals surface area (Å²) in [4.78, 5) is 30.9. The Balaban J connectivity index is 1.40. The molecule has 1 aromatic carbocycles. The SMILES string of the molecule is Cn1ncc(N2CCC(CNC(=O)c3cccc4ncccc34)C2)cc1=O. The predicted octanol–water partition coefficient (Wildman–Crippen LogP) is 1.58. The number of hydrogen-bond acceptors (Lipinski definition) is 5. The third kappa shape index (κ3) is 3.53. The molecule has 3 aromatic rings. The van der Waals surface area contributed by atoms with Gasteiger partial charge in [0.25, 0.3) is 11.5 Å². The van der Waals surface area contributed by atoms with Gasteiger partial charge in [-0.15, -0.1) is 0 Å². The molecular formula is C20H21N5O2. The summed E-state index contributed by atoms with van der Waals surface area (Å²) in [6.45, 7) is 2.25. The van der Waals surface area contributed by atoms with E-state index in [-0.39, 0.29) is 11.5 Å². The molecule has 4 rings (SSSR count).